The normalized spacial score (nSPS) is 16.0. The molecular weight excluding hydrogens is 434 g/mol. The van der Waals surface area contributed by atoms with Gasteiger partial charge < -0.3 is 4.90 Å². The van der Waals surface area contributed by atoms with Gasteiger partial charge in [0.25, 0.3) is 0 Å². The van der Waals surface area contributed by atoms with Crippen molar-refractivity contribution in [3.05, 3.63) is 64.7 Å². The Morgan fingerprint density at radius 3 is 2.61 bits per heavy atom. The van der Waals surface area contributed by atoms with E-state index in [2.05, 4.69) is 11.6 Å². The summed E-state index contributed by atoms with van der Waals surface area (Å²) in [6, 6.07) is 14.1. The van der Waals surface area contributed by atoms with Gasteiger partial charge >= 0.3 is 0 Å². The molecule has 0 bridgehead atoms. The van der Waals surface area contributed by atoms with Crippen molar-refractivity contribution in [3.63, 3.8) is 0 Å². The van der Waals surface area contributed by atoms with Crippen molar-refractivity contribution in [2.24, 2.45) is 5.92 Å². The van der Waals surface area contributed by atoms with E-state index in [-0.39, 0.29) is 22.8 Å². The van der Waals surface area contributed by atoms with Gasteiger partial charge in [-0.15, -0.1) is 0 Å². The highest BCUT2D eigenvalue weighted by atomic mass is 35.5. The lowest BCUT2D eigenvalue weighted by molar-refractivity contribution is -0.134. The molecule has 6 nitrogen and oxygen atoms in total. The van der Waals surface area contributed by atoms with Crippen molar-refractivity contribution in [2.45, 2.75) is 43.5 Å². The molecule has 1 aliphatic rings. The van der Waals surface area contributed by atoms with E-state index in [1.54, 1.807) is 11.0 Å². The van der Waals surface area contributed by atoms with Gasteiger partial charge in [-0.1, -0.05) is 42.8 Å². The molecule has 0 aliphatic carbocycles. The molecule has 1 fully saturated rings. The second-order valence-corrected chi connectivity index (χ2v) is 10.1. The standard InChI is InChI=1S/C23H26ClN3O3S/c1-17-11-13-27(14-12-17)23(28)22(10-9-19-6-2-3-8-21(19)24)26-31(29,30)20-7-4-5-18(15-20)16-25/h2-8,15,17,22,26H,9-14H2,1H3. The number of benzene rings is 2. The summed E-state index contributed by atoms with van der Waals surface area (Å²) >= 11 is 6.25. The van der Waals surface area contributed by atoms with E-state index >= 15 is 0 Å². The van der Waals surface area contributed by atoms with Crippen LogP contribution in [0.5, 0.6) is 0 Å². The number of rotatable bonds is 7. The van der Waals surface area contributed by atoms with Gasteiger partial charge in [-0.05, 0) is 61.4 Å². The molecule has 1 saturated heterocycles. The van der Waals surface area contributed by atoms with Gasteiger partial charge in [0.15, 0.2) is 0 Å². The monoisotopic (exact) mass is 459 g/mol. The fourth-order valence-electron chi connectivity index (χ4n) is 3.67. The van der Waals surface area contributed by atoms with Crippen molar-refractivity contribution in [1.82, 2.24) is 9.62 Å². The molecule has 1 aliphatic heterocycles. The molecule has 1 unspecified atom stereocenters. The smallest absolute Gasteiger partial charge is 0.241 e. The minimum Gasteiger partial charge on any atom is -0.341 e. The highest BCUT2D eigenvalue weighted by Gasteiger charge is 2.31. The number of piperidine rings is 1. The van der Waals surface area contributed by atoms with Crippen LogP contribution in [0.4, 0.5) is 0 Å². The summed E-state index contributed by atoms with van der Waals surface area (Å²) in [6.07, 6.45) is 2.55. The summed E-state index contributed by atoms with van der Waals surface area (Å²) in [4.78, 5) is 15.0. The van der Waals surface area contributed by atoms with Crippen LogP contribution in [0.2, 0.25) is 5.02 Å². The van der Waals surface area contributed by atoms with Crippen LogP contribution in [0.15, 0.2) is 53.4 Å². The number of hydrogen-bond donors (Lipinski definition) is 1. The molecule has 1 heterocycles. The molecule has 1 N–H and O–H groups in total. The van der Waals surface area contributed by atoms with Gasteiger partial charge in [-0.25, -0.2) is 8.42 Å². The third kappa shape index (κ3) is 6.07. The Hall–Kier alpha value is -2.40. The van der Waals surface area contributed by atoms with Crippen LogP contribution >= 0.6 is 11.6 Å². The molecule has 1 amide bonds. The Kier molecular flexibility index (Phi) is 7.71. The number of hydrogen-bond acceptors (Lipinski definition) is 4. The molecule has 0 saturated carbocycles. The lowest BCUT2D eigenvalue weighted by Crippen LogP contribution is -2.50. The van der Waals surface area contributed by atoms with Crippen LogP contribution in [0, 0.1) is 17.2 Å². The van der Waals surface area contributed by atoms with Crippen LogP contribution in [0.1, 0.15) is 37.3 Å². The lowest BCUT2D eigenvalue weighted by atomic mass is 9.98. The fourth-order valence-corrected chi connectivity index (χ4v) is 5.17. The molecule has 8 heteroatoms. The molecule has 2 aromatic rings. The molecule has 0 radical (unpaired) electrons. The summed E-state index contributed by atoms with van der Waals surface area (Å²) in [5, 5.41) is 9.68. The number of halogens is 1. The maximum Gasteiger partial charge on any atom is 0.241 e. The van der Waals surface area contributed by atoms with Crippen molar-refractivity contribution in [1.29, 1.82) is 5.26 Å². The Morgan fingerprint density at radius 2 is 1.94 bits per heavy atom. The van der Waals surface area contributed by atoms with Crippen molar-refractivity contribution >= 4 is 27.5 Å². The van der Waals surface area contributed by atoms with Gasteiger partial charge in [0.2, 0.25) is 15.9 Å². The number of nitrogens with zero attached hydrogens (tertiary/aromatic N) is 2. The predicted octanol–water partition coefficient (Wildman–Crippen LogP) is 3.75. The molecule has 164 valence electrons. The number of aryl methyl sites for hydroxylation is 1. The van der Waals surface area contributed by atoms with Crippen LogP contribution < -0.4 is 4.72 Å². The average molecular weight is 460 g/mol. The summed E-state index contributed by atoms with van der Waals surface area (Å²) in [5.41, 5.74) is 1.10. The first-order chi connectivity index (χ1) is 14.8. The van der Waals surface area contributed by atoms with Gasteiger partial charge in [-0.2, -0.15) is 9.98 Å². The summed E-state index contributed by atoms with van der Waals surface area (Å²) in [7, 11) is -3.98. The number of carbonyl (C=O) groups excluding carboxylic acids is 1. The molecular formula is C23H26ClN3O3S. The zero-order chi connectivity index (χ0) is 22.4. The van der Waals surface area contributed by atoms with Crippen LogP contribution in [-0.4, -0.2) is 38.4 Å². The van der Waals surface area contributed by atoms with Crippen LogP contribution in [0.25, 0.3) is 0 Å². The average Bonchev–Trinajstić information content (AvgIpc) is 2.77. The number of nitrogens with one attached hydrogen (secondary N) is 1. The largest absolute Gasteiger partial charge is 0.341 e. The molecule has 31 heavy (non-hydrogen) atoms. The minimum absolute atomic E-state index is 0.0330. The topological polar surface area (TPSA) is 90.3 Å². The predicted molar refractivity (Wildman–Crippen MR) is 120 cm³/mol. The summed E-state index contributed by atoms with van der Waals surface area (Å²) < 4.78 is 28.6. The Bertz CT molecular complexity index is 1070. The maximum atomic E-state index is 13.3. The Morgan fingerprint density at radius 1 is 1.23 bits per heavy atom. The van der Waals surface area contributed by atoms with Gasteiger partial charge in [0, 0.05) is 18.1 Å². The SMILES string of the molecule is CC1CCN(C(=O)C(CCc2ccccc2Cl)NS(=O)(=O)c2cccc(C#N)c2)CC1. The highest BCUT2D eigenvalue weighted by molar-refractivity contribution is 7.89. The first-order valence-electron chi connectivity index (χ1n) is 10.3. The third-order valence-corrected chi connectivity index (χ3v) is 7.46. The second-order valence-electron chi connectivity index (χ2n) is 7.95. The Balaban J connectivity index is 1.82. The first kappa shape index (κ1) is 23.3. The number of nitriles is 1. The van der Waals surface area contributed by atoms with E-state index in [0.29, 0.717) is 30.5 Å². The molecule has 1 atom stereocenters. The van der Waals surface area contributed by atoms with E-state index in [0.717, 1.165) is 18.4 Å². The molecule has 0 spiro atoms. The van der Waals surface area contributed by atoms with Crippen LogP contribution in [0.3, 0.4) is 0 Å². The van der Waals surface area contributed by atoms with E-state index in [1.807, 2.05) is 24.3 Å². The van der Waals surface area contributed by atoms with E-state index in [1.165, 1.54) is 24.3 Å². The zero-order valence-electron chi connectivity index (χ0n) is 17.4. The van der Waals surface area contributed by atoms with Crippen molar-refractivity contribution < 1.29 is 13.2 Å². The Labute approximate surface area is 188 Å². The minimum atomic E-state index is -3.98. The van der Waals surface area contributed by atoms with E-state index in [4.69, 9.17) is 16.9 Å². The van der Waals surface area contributed by atoms with Crippen LogP contribution in [-0.2, 0) is 21.2 Å². The summed E-state index contributed by atoms with van der Waals surface area (Å²) in [6.45, 7) is 3.39. The van der Waals surface area contributed by atoms with Gasteiger partial charge in [0.05, 0.1) is 16.5 Å². The van der Waals surface area contributed by atoms with E-state index < -0.39 is 16.1 Å². The molecule has 0 aromatic heterocycles. The quantitative estimate of drug-likeness (QED) is 0.682. The summed E-state index contributed by atoms with van der Waals surface area (Å²) in [5.74, 6) is 0.329. The zero-order valence-corrected chi connectivity index (χ0v) is 19.0. The second kappa shape index (κ2) is 10.3. The maximum absolute atomic E-state index is 13.3. The number of likely N-dealkylation sites (tertiary alicyclic amines) is 1. The molecule has 3 rings (SSSR count). The number of sulfonamides is 1. The first-order valence-corrected chi connectivity index (χ1v) is 12.2. The van der Waals surface area contributed by atoms with Gasteiger partial charge in [0.1, 0.15) is 6.04 Å². The molecule has 2 aromatic carbocycles. The van der Waals surface area contributed by atoms with Gasteiger partial charge in [-0.3, -0.25) is 4.79 Å². The van der Waals surface area contributed by atoms with Crippen molar-refractivity contribution in [3.8, 4) is 6.07 Å². The third-order valence-electron chi connectivity index (χ3n) is 5.62. The van der Waals surface area contributed by atoms with E-state index in [9.17, 15) is 13.2 Å². The highest BCUT2D eigenvalue weighted by Crippen LogP contribution is 2.21. The fraction of sp³-hybridized carbons (Fsp3) is 0.391. The van der Waals surface area contributed by atoms with Crippen molar-refractivity contribution in [2.75, 3.05) is 13.1 Å². The lowest BCUT2D eigenvalue weighted by Gasteiger charge is -2.33. The number of amides is 1. The number of carbonyl (C=O) groups is 1.